The predicted octanol–water partition coefficient (Wildman–Crippen LogP) is 5.86. The highest BCUT2D eigenvalue weighted by Crippen LogP contribution is 2.34. The van der Waals surface area contributed by atoms with Crippen LogP contribution in [-0.4, -0.2) is 23.5 Å². The van der Waals surface area contributed by atoms with Gasteiger partial charge in [0.1, 0.15) is 5.82 Å². The third-order valence-corrected chi connectivity index (χ3v) is 4.92. The van der Waals surface area contributed by atoms with E-state index < -0.39 is 41.7 Å². The molecule has 1 aromatic heterocycles. The summed E-state index contributed by atoms with van der Waals surface area (Å²) in [6, 6.07) is 18.2. The van der Waals surface area contributed by atoms with Gasteiger partial charge < -0.3 is 10.1 Å². The standard InChI is InChI=1S/C25H16F4N2O3/c26-16-11-9-15(10-12-16)22-13-18(17-5-1-3-7-20(17)30-22)24(33)34-14-23(32)31-21-8-4-2-6-19(21)25(27,28)29/h1-13H,14H2,(H,31,32). The van der Waals surface area contributed by atoms with Gasteiger partial charge in [-0.25, -0.2) is 14.2 Å². The lowest BCUT2D eigenvalue weighted by atomic mass is 10.0. The van der Waals surface area contributed by atoms with E-state index in [-0.39, 0.29) is 5.56 Å². The van der Waals surface area contributed by atoms with Gasteiger partial charge in [0.2, 0.25) is 0 Å². The Hall–Kier alpha value is -4.27. The van der Waals surface area contributed by atoms with Crippen molar-refractivity contribution in [1.29, 1.82) is 0 Å². The lowest BCUT2D eigenvalue weighted by Crippen LogP contribution is -2.23. The number of fused-ring (bicyclic) bond motifs is 1. The molecular weight excluding hydrogens is 452 g/mol. The number of pyridine rings is 1. The quantitative estimate of drug-likeness (QED) is 0.295. The minimum absolute atomic E-state index is 0.105. The maximum atomic E-state index is 13.3. The van der Waals surface area contributed by atoms with Gasteiger partial charge in [0, 0.05) is 10.9 Å². The van der Waals surface area contributed by atoms with Crippen molar-refractivity contribution in [2.75, 3.05) is 11.9 Å². The topological polar surface area (TPSA) is 68.3 Å². The molecule has 4 rings (SSSR count). The van der Waals surface area contributed by atoms with Crippen LogP contribution in [0.25, 0.3) is 22.2 Å². The number of aromatic nitrogens is 1. The van der Waals surface area contributed by atoms with E-state index in [0.29, 0.717) is 22.2 Å². The van der Waals surface area contributed by atoms with Gasteiger partial charge in [0.05, 0.1) is 28.0 Å². The van der Waals surface area contributed by atoms with Gasteiger partial charge in [-0.15, -0.1) is 0 Å². The highest BCUT2D eigenvalue weighted by atomic mass is 19.4. The zero-order valence-corrected chi connectivity index (χ0v) is 17.4. The first-order chi connectivity index (χ1) is 16.2. The molecule has 0 bridgehead atoms. The van der Waals surface area contributed by atoms with Gasteiger partial charge in [-0.05, 0) is 48.5 Å². The van der Waals surface area contributed by atoms with Gasteiger partial charge >= 0.3 is 12.1 Å². The highest BCUT2D eigenvalue weighted by Gasteiger charge is 2.33. The molecule has 0 aliphatic heterocycles. The Labute approximate surface area is 191 Å². The molecule has 3 aromatic carbocycles. The van der Waals surface area contributed by atoms with Crippen molar-refractivity contribution in [3.05, 3.63) is 95.8 Å². The van der Waals surface area contributed by atoms with Crippen LogP contribution in [0.1, 0.15) is 15.9 Å². The van der Waals surface area contributed by atoms with Gasteiger partial charge in [-0.1, -0.05) is 30.3 Å². The number of para-hydroxylation sites is 2. The van der Waals surface area contributed by atoms with Crippen LogP contribution < -0.4 is 5.32 Å². The monoisotopic (exact) mass is 468 g/mol. The second kappa shape index (κ2) is 9.30. The summed E-state index contributed by atoms with van der Waals surface area (Å²) < 4.78 is 57.7. The second-order valence-corrected chi connectivity index (χ2v) is 7.25. The molecule has 0 aliphatic carbocycles. The fourth-order valence-corrected chi connectivity index (χ4v) is 3.35. The van der Waals surface area contributed by atoms with Crippen LogP contribution in [0.4, 0.5) is 23.2 Å². The smallest absolute Gasteiger partial charge is 0.418 e. The maximum absolute atomic E-state index is 13.3. The van der Waals surface area contributed by atoms with E-state index >= 15 is 0 Å². The fourth-order valence-electron chi connectivity index (χ4n) is 3.35. The second-order valence-electron chi connectivity index (χ2n) is 7.25. The molecule has 1 N–H and O–H groups in total. The Kier molecular flexibility index (Phi) is 6.27. The maximum Gasteiger partial charge on any atom is 0.418 e. The molecule has 0 fully saturated rings. The Bertz CT molecular complexity index is 1370. The van der Waals surface area contributed by atoms with Gasteiger partial charge in [-0.2, -0.15) is 13.2 Å². The lowest BCUT2D eigenvalue weighted by molar-refractivity contribution is -0.137. The number of amides is 1. The zero-order chi connectivity index (χ0) is 24.3. The number of hydrogen-bond acceptors (Lipinski definition) is 4. The molecule has 172 valence electrons. The summed E-state index contributed by atoms with van der Waals surface area (Å²) in [6.07, 6.45) is -4.66. The normalized spacial score (nSPS) is 11.3. The molecule has 0 saturated carbocycles. The zero-order valence-electron chi connectivity index (χ0n) is 17.4. The summed E-state index contributed by atoms with van der Waals surface area (Å²) in [5.74, 6) is -2.22. The summed E-state index contributed by atoms with van der Waals surface area (Å²) in [5, 5.41) is 2.58. The molecule has 9 heteroatoms. The molecule has 34 heavy (non-hydrogen) atoms. The average molecular weight is 468 g/mol. The van der Waals surface area contributed by atoms with Gasteiger partial charge in [-0.3, -0.25) is 4.79 Å². The van der Waals surface area contributed by atoms with E-state index in [1.54, 1.807) is 24.3 Å². The molecule has 1 amide bonds. The third kappa shape index (κ3) is 5.03. The Morgan fingerprint density at radius 2 is 1.59 bits per heavy atom. The number of ether oxygens (including phenoxy) is 1. The summed E-state index contributed by atoms with van der Waals surface area (Å²) in [7, 11) is 0. The number of alkyl halides is 3. The number of hydrogen-bond donors (Lipinski definition) is 1. The van der Waals surface area contributed by atoms with Crippen molar-refractivity contribution >= 4 is 28.5 Å². The predicted molar refractivity (Wildman–Crippen MR) is 117 cm³/mol. The van der Waals surface area contributed by atoms with Crippen LogP contribution in [0.3, 0.4) is 0 Å². The number of halogens is 4. The Morgan fingerprint density at radius 3 is 2.32 bits per heavy atom. The van der Waals surface area contributed by atoms with Crippen molar-refractivity contribution in [3.63, 3.8) is 0 Å². The van der Waals surface area contributed by atoms with Crippen molar-refractivity contribution in [2.45, 2.75) is 6.18 Å². The molecule has 0 aliphatic rings. The van der Waals surface area contributed by atoms with Crippen LogP contribution in [0.2, 0.25) is 0 Å². The van der Waals surface area contributed by atoms with E-state index in [9.17, 15) is 27.2 Å². The number of nitrogens with one attached hydrogen (secondary N) is 1. The Morgan fingerprint density at radius 1 is 0.912 bits per heavy atom. The van der Waals surface area contributed by atoms with E-state index in [2.05, 4.69) is 10.3 Å². The summed E-state index contributed by atoms with van der Waals surface area (Å²) in [4.78, 5) is 29.5. The lowest BCUT2D eigenvalue weighted by Gasteiger charge is -2.14. The number of benzene rings is 3. The molecule has 0 saturated heterocycles. The minimum Gasteiger partial charge on any atom is -0.452 e. The number of anilines is 1. The molecule has 4 aromatic rings. The summed E-state index contributed by atoms with van der Waals surface area (Å²) in [6.45, 7) is -0.798. The van der Waals surface area contributed by atoms with E-state index in [0.717, 1.165) is 12.1 Å². The molecule has 5 nitrogen and oxygen atoms in total. The third-order valence-electron chi connectivity index (χ3n) is 4.92. The van der Waals surface area contributed by atoms with Gasteiger partial charge in [0.15, 0.2) is 6.61 Å². The average Bonchev–Trinajstić information content (AvgIpc) is 2.82. The van der Waals surface area contributed by atoms with Crippen molar-refractivity contribution in [1.82, 2.24) is 4.98 Å². The number of carbonyl (C=O) groups is 2. The van der Waals surface area contributed by atoms with Crippen molar-refractivity contribution in [2.24, 2.45) is 0 Å². The largest absolute Gasteiger partial charge is 0.452 e. The van der Waals surface area contributed by atoms with E-state index in [1.807, 2.05) is 0 Å². The number of carbonyl (C=O) groups excluding carboxylic acids is 2. The number of rotatable bonds is 5. The van der Waals surface area contributed by atoms with Crippen LogP contribution >= 0.6 is 0 Å². The molecular formula is C25H16F4N2O3. The minimum atomic E-state index is -4.66. The highest BCUT2D eigenvalue weighted by molar-refractivity contribution is 6.05. The van der Waals surface area contributed by atoms with Crippen LogP contribution in [0.5, 0.6) is 0 Å². The SMILES string of the molecule is O=C(COC(=O)c1cc(-c2ccc(F)cc2)nc2ccccc12)Nc1ccccc1C(F)(F)F. The summed E-state index contributed by atoms with van der Waals surface area (Å²) in [5.41, 5.74) is 0.0629. The van der Waals surface area contributed by atoms with Crippen LogP contribution in [0, 0.1) is 5.82 Å². The first kappa shape index (κ1) is 22.9. The first-order valence-corrected chi connectivity index (χ1v) is 10.0. The number of nitrogens with zero attached hydrogens (tertiary/aromatic N) is 1. The summed E-state index contributed by atoms with van der Waals surface area (Å²) >= 11 is 0. The van der Waals surface area contributed by atoms with E-state index in [4.69, 9.17) is 4.74 Å². The Balaban J connectivity index is 1.55. The number of esters is 1. The molecule has 0 atom stereocenters. The van der Waals surface area contributed by atoms with Crippen LogP contribution in [0.15, 0.2) is 78.9 Å². The molecule has 0 spiro atoms. The molecule has 1 heterocycles. The van der Waals surface area contributed by atoms with E-state index in [1.165, 1.54) is 42.5 Å². The first-order valence-electron chi connectivity index (χ1n) is 10.0. The van der Waals surface area contributed by atoms with Crippen LogP contribution in [-0.2, 0) is 15.7 Å². The van der Waals surface area contributed by atoms with Gasteiger partial charge in [0.25, 0.3) is 5.91 Å². The molecule has 0 unspecified atom stereocenters. The van der Waals surface area contributed by atoms with Crippen molar-refractivity contribution < 1.29 is 31.9 Å². The van der Waals surface area contributed by atoms with Crippen molar-refractivity contribution in [3.8, 4) is 11.3 Å². The fraction of sp³-hybridized carbons (Fsp3) is 0.0800. The molecule has 0 radical (unpaired) electrons.